The molecule has 3 N–H and O–H groups in total. The predicted molar refractivity (Wildman–Crippen MR) is 79.5 cm³/mol. The van der Waals surface area contributed by atoms with Gasteiger partial charge in [-0.3, -0.25) is 0 Å². The van der Waals surface area contributed by atoms with Gasteiger partial charge in [0.15, 0.2) is 11.6 Å². The zero-order chi connectivity index (χ0) is 18.8. The lowest BCUT2D eigenvalue weighted by atomic mass is 10.1. The van der Waals surface area contributed by atoms with Crippen LogP contribution in [0.2, 0.25) is 0 Å². The number of halogens is 5. The average molecular weight is 380 g/mol. The van der Waals surface area contributed by atoms with Crippen LogP contribution in [-0.4, -0.2) is 21.0 Å². The van der Waals surface area contributed by atoms with Crippen molar-refractivity contribution in [2.75, 3.05) is 6.54 Å². The number of hydrogen-bond acceptors (Lipinski definition) is 3. The highest BCUT2D eigenvalue weighted by Crippen LogP contribution is 2.17. The molecule has 1 atom stereocenters. The van der Waals surface area contributed by atoms with Gasteiger partial charge in [-0.25, -0.2) is 35.1 Å². The molecular formula is C15H13F5N2O2S. The number of sulfonamides is 1. The Balaban J connectivity index is 2.06. The first-order valence-electron chi connectivity index (χ1n) is 6.94. The fourth-order valence-corrected chi connectivity index (χ4v) is 3.21. The first-order chi connectivity index (χ1) is 11.6. The van der Waals surface area contributed by atoms with Gasteiger partial charge in [-0.1, -0.05) is 0 Å². The van der Waals surface area contributed by atoms with Crippen LogP contribution in [0.1, 0.15) is 5.56 Å². The van der Waals surface area contributed by atoms with E-state index in [0.29, 0.717) is 18.2 Å². The molecule has 0 aliphatic rings. The predicted octanol–water partition coefficient (Wildman–Crippen LogP) is 2.23. The average Bonchev–Trinajstić information content (AvgIpc) is 2.50. The minimum Gasteiger partial charge on any atom is -0.326 e. The standard InChI is InChI=1S/C15H13F5N2O2S/c16-9-1-2-15(14(20)5-9)25(23,24)22-7-10(21)3-8-4-12(18)13(19)6-11(8)17/h1-2,4-6,10,22H,3,7,21H2/t10-/m1/s1. The summed E-state index contributed by atoms with van der Waals surface area (Å²) in [4.78, 5) is -0.778. The van der Waals surface area contributed by atoms with Crippen molar-refractivity contribution in [1.29, 1.82) is 0 Å². The van der Waals surface area contributed by atoms with E-state index < -0.39 is 56.6 Å². The second-order valence-electron chi connectivity index (χ2n) is 5.25. The quantitative estimate of drug-likeness (QED) is 0.596. The van der Waals surface area contributed by atoms with E-state index in [9.17, 15) is 30.4 Å². The molecule has 2 rings (SSSR count). The molecule has 0 amide bonds. The molecule has 10 heteroatoms. The van der Waals surface area contributed by atoms with Crippen molar-refractivity contribution in [3.8, 4) is 0 Å². The fraction of sp³-hybridized carbons (Fsp3) is 0.200. The van der Waals surface area contributed by atoms with Crippen LogP contribution < -0.4 is 10.5 Å². The van der Waals surface area contributed by atoms with Gasteiger partial charge in [0.2, 0.25) is 10.0 Å². The van der Waals surface area contributed by atoms with Gasteiger partial charge in [0.25, 0.3) is 0 Å². The topological polar surface area (TPSA) is 72.2 Å². The third-order valence-electron chi connectivity index (χ3n) is 3.29. The normalized spacial score (nSPS) is 13.0. The van der Waals surface area contributed by atoms with Gasteiger partial charge in [-0.2, -0.15) is 0 Å². The number of nitrogens with one attached hydrogen (secondary N) is 1. The monoisotopic (exact) mass is 380 g/mol. The molecule has 0 fully saturated rings. The van der Waals surface area contributed by atoms with E-state index in [2.05, 4.69) is 0 Å². The van der Waals surface area contributed by atoms with Crippen LogP contribution in [-0.2, 0) is 16.4 Å². The van der Waals surface area contributed by atoms with Crippen molar-refractivity contribution < 1.29 is 30.4 Å². The Morgan fingerprint density at radius 3 is 2.20 bits per heavy atom. The first kappa shape index (κ1) is 19.3. The summed E-state index contributed by atoms with van der Waals surface area (Å²) in [6.07, 6.45) is -0.294. The van der Waals surface area contributed by atoms with Gasteiger partial charge < -0.3 is 5.73 Å². The molecule has 136 valence electrons. The van der Waals surface area contributed by atoms with E-state index in [1.54, 1.807) is 0 Å². The Morgan fingerprint density at radius 1 is 0.920 bits per heavy atom. The molecule has 0 aromatic heterocycles. The van der Waals surface area contributed by atoms with Crippen molar-refractivity contribution in [1.82, 2.24) is 4.72 Å². The van der Waals surface area contributed by atoms with Crippen molar-refractivity contribution in [2.24, 2.45) is 5.73 Å². The van der Waals surface area contributed by atoms with Gasteiger partial charge in [0.1, 0.15) is 22.3 Å². The zero-order valence-corrected chi connectivity index (χ0v) is 13.4. The third kappa shape index (κ3) is 4.74. The summed E-state index contributed by atoms with van der Waals surface area (Å²) in [6, 6.07) is 1.90. The maximum atomic E-state index is 13.5. The summed E-state index contributed by atoms with van der Waals surface area (Å²) in [5, 5.41) is 0. The second-order valence-corrected chi connectivity index (χ2v) is 6.98. The van der Waals surface area contributed by atoms with Crippen molar-refractivity contribution in [3.05, 3.63) is 65.0 Å². The lowest BCUT2D eigenvalue weighted by molar-refractivity contribution is 0.486. The molecule has 2 aromatic carbocycles. The Bertz CT molecular complexity index is 890. The molecule has 0 spiro atoms. The van der Waals surface area contributed by atoms with Crippen LogP contribution in [0.3, 0.4) is 0 Å². The SMILES string of the molecule is N[C@@H](CNS(=O)(=O)c1ccc(F)cc1F)Cc1cc(F)c(F)cc1F. The molecule has 25 heavy (non-hydrogen) atoms. The van der Waals surface area contributed by atoms with Gasteiger partial charge in [-0.05, 0) is 30.2 Å². The van der Waals surface area contributed by atoms with Crippen LogP contribution >= 0.6 is 0 Å². The van der Waals surface area contributed by atoms with E-state index in [1.165, 1.54) is 0 Å². The second kappa shape index (κ2) is 7.46. The number of rotatable bonds is 6. The third-order valence-corrected chi connectivity index (χ3v) is 4.75. The minimum absolute atomic E-state index is 0.237. The summed E-state index contributed by atoms with van der Waals surface area (Å²) < 4.78 is 91.8. The Morgan fingerprint density at radius 2 is 1.56 bits per heavy atom. The van der Waals surface area contributed by atoms with Crippen LogP contribution in [0.5, 0.6) is 0 Å². The molecule has 2 aromatic rings. The smallest absolute Gasteiger partial charge is 0.243 e. The van der Waals surface area contributed by atoms with Crippen molar-refractivity contribution in [3.63, 3.8) is 0 Å². The molecule has 0 bridgehead atoms. The molecule has 0 aliphatic carbocycles. The maximum absolute atomic E-state index is 13.5. The Labute approximate surface area is 140 Å². The highest BCUT2D eigenvalue weighted by atomic mass is 32.2. The molecule has 0 radical (unpaired) electrons. The molecule has 0 saturated heterocycles. The molecule has 0 saturated carbocycles. The summed E-state index contributed by atoms with van der Waals surface area (Å²) >= 11 is 0. The van der Waals surface area contributed by atoms with Crippen LogP contribution in [0.25, 0.3) is 0 Å². The Kier molecular flexibility index (Phi) is 5.76. The molecular weight excluding hydrogens is 367 g/mol. The molecule has 0 unspecified atom stereocenters. The molecule has 0 heterocycles. The highest BCUT2D eigenvalue weighted by Gasteiger charge is 2.21. The molecule has 0 aliphatic heterocycles. The summed E-state index contributed by atoms with van der Waals surface area (Å²) in [7, 11) is -4.32. The first-order valence-corrected chi connectivity index (χ1v) is 8.42. The number of hydrogen-bond donors (Lipinski definition) is 2. The van der Waals surface area contributed by atoms with Crippen LogP contribution in [0.15, 0.2) is 35.2 Å². The van der Waals surface area contributed by atoms with E-state index >= 15 is 0 Å². The van der Waals surface area contributed by atoms with E-state index in [-0.39, 0.29) is 12.0 Å². The highest BCUT2D eigenvalue weighted by molar-refractivity contribution is 7.89. The lowest BCUT2D eigenvalue weighted by Crippen LogP contribution is -2.39. The van der Waals surface area contributed by atoms with Crippen LogP contribution in [0.4, 0.5) is 22.0 Å². The summed E-state index contributed by atoms with van der Waals surface area (Å²) in [5.74, 6) is -5.88. The lowest BCUT2D eigenvalue weighted by Gasteiger charge is -2.14. The van der Waals surface area contributed by atoms with Gasteiger partial charge >= 0.3 is 0 Å². The van der Waals surface area contributed by atoms with Gasteiger partial charge in [0.05, 0.1) is 0 Å². The summed E-state index contributed by atoms with van der Waals surface area (Å²) in [6.45, 7) is -0.433. The minimum atomic E-state index is -4.32. The summed E-state index contributed by atoms with van der Waals surface area (Å²) in [5.41, 5.74) is 5.41. The van der Waals surface area contributed by atoms with Crippen molar-refractivity contribution in [2.45, 2.75) is 17.4 Å². The number of nitrogens with two attached hydrogens (primary N) is 1. The van der Waals surface area contributed by atoms with E-state index in [0.717, 1.165) is 12.1 Å². The Hall–Kier alpha value is -2.04. The number of benzene rings is 2. The van der Waals surface area contributed by atoms with E-state index in [4.69, 9.17) is 5.73 Å². The van der Waals surface area contributed by atoms with Gasteiger partial charge in [-0.15, -0.1) is 0 Å². The largest absolute Gasteiger partial charge is 0.326 e. The van der Waals surface area contributed by atoms with Crippen LogP contribution in [0, 0.1) is 29.1 Å². The maximum Gasteiger partial charge on any atom is 0.243 e. The van der Waals surface area contributed by atoms with Crippen molar-refractivity contribution >= 4 is 10.0 Å². The molecule has 4 nitrogen and oxygen atoms in total. The fourth-order valence-electron chi connectivity index (χ4n) is 2.06. The zero-order valence-electron chi connectivity index (χ0n) is 12.6. The van der Waals surface area contributed by atoms with E-state index in [1.807, 2.05) is 4.72 Å². The van der Waals surface area contributed by atoms with Gasteiger partial charge in [0, 0.05) is 24.7 Å².